The lowest BCUT2D eigenvalue weighted by Crippen LogP contribution is -2.29. The van der Waals surface area contributed by atoms with Crippen molar-refractivity contribution < 1.29 is 13.5 Å². The predicted octanol–water partition coefficient (Wildman–Crippen LogP) is 0.333. The van der Waals surface area contributed by atoms with Gasteiger partial charge in [0, 0.05) is 18.8 Å². The lowest BCUT2D eigenvalue weighted by molar-refractivity contribution is 0.189. The van der Waals surface area contributed by atoms with Gasteiger partial charge in [-0.3, -0.25) is 0 Å². The summed E-state index contributed by atoms with van der Waals surface area (Å²) >= 11 is 0. The van der Waals surface area contributed by atoms with Crippen molar-refractivity contribution in [3.8, 4) is 0 Å². The molecule has 0 spiro atoms. The van der Waals surface area contributed by atoms with Gasteiger partial charge < -0.3 is 10.8 Å². The Hall–Kier alpha value is -1.11. The SMILES string of the molecule is Cc1ccc(S(=O)(=O)N2CC[C@H](O)C2)cc1N. The lowest BCUT2D eigenvalue weighted by Gasteiger charge is -2.16. The number of nitrogens with two attached hydrogens (primary N) is 1. The monoisotopic (exact) mass is 256 g/mol. The van der Waals surface area contributed by atoms with Gasteiger partial charge in [-0.25, -0.2) is 8.42 Å². The van der Waals surface area contributed by atoms with E-state index in [1.807, 2.05) is 6.92 Å². The molecule has 94 valence electrons. The molecule has 0 amide bonds. The predicted molar refractivity (Wildman–Crippen MR) is 65.0 cm³/mol. The fourth-order valence-corrected chi connectivity index (χ4v) is 3.39. The van der Waals surface area contributed by atoms with Crippen LogP contribution in [0.1, 0.15) is 12.0 Å². The highest BCUT2D eigenvalue weighted by Gasteiger charge is 2.31. The third-order valence-electron chi connectivity index (χ3n) is 3.01. The largest absolute Gasteiger partial charge is 0.398 e. The highest BCUT2D eigenvalue weighted by molar-refractivity contribution is 7.89. The second-order valence-electron chi connectivity index (χ2n) is 4.32. The third kappa shape index (κ3) is 2.29. The van der Waals surface area contributed by atoms with E-state index in [0.717, 1.165) is 5.56 Å². The molecule has 0 aliphatic carbocycles. The summed E-state index contributed by atoms with van der Waals surface area (Å²) in [6, 6.07) is 4.70. The molecule has 5 nitrogen and oxygen atoms in total. The molecular weight excluding hydrogens is 240 g/mol. The summed E-state index contributed by atoms with van der Waals surface area (Å²) in [5, 5.41) is 9.38. The van der Waals surface area contributed by atoms with Crippen LogP contribution in [-0.2, 0) is 10.0 Å². The minimum Gasteiger partial charge on any atom is -0.398 e. The molecule has 0 saturated carbocycles. The summed E-state index contributed by atoms with van der Waals surface area (Å²) < 4.78 is 25.7. The molecule has 1 aliphatic rings. The van der Waals surface area contributed by atoms with Crippen molar-refractivity contribution in [2.24, 2.45) is 0 Å². The van der Waals surface area contributed by atoms with Crippen LogP contribution in [0, 0.1) is 6.92 Å². The van der Waals surface area contributed by atoms with Crippen molar-refractivity contribution in [1.29, 1.82) is 0 Å². The summed E-state index contributed by atoms with van der Waals surface area (Å²) in [5.74, 6) is 0. The first-order chi connectivity index (χ1) is 7.91. The van der Waals surface area contributed by atoms with Crippen LogP contribution in [0.4, 0.5) is 5.69 Å². The molecule has 2 rings (SSSR count). The number of β-amino-alcohol motifs (C(OH)–C–C–N with tert-alkyl or cyclic N) is 1. The van der Waals surface area contributed by atoms with Gasteiger partial charge in [0.05, 0.1) is 11.0 Å². The zero-order valence-electron chi connectivity index (χ0n) is 9.63. The van der Waals surface area contributed by atoms with Gasteiger partial charge in [0.2, 0.25) is 10.0 Å². The van der Waals surface area contributed by atoms with Gasteiger partial charge in [-0.15, -0.1) is 0 Å². The number of hydrogen-bond acceptors (Lipinski definition) is 4. The van der Waals surface area contributed by atoms with Crippen LogP contribution in [-0.4, -0.2) is 37.0 Å². The Morgan fingerprint density at radius 3 is 2.71 bits per heavy atom. The molecule has 0 radical (unpaired) electrons. The maximum atomic E-state index is 12.2. The number of hydrogen-bond donors (Lipinski definition) is 2. The van der Waals surface area contributed by atoms with Crippen LogP contribution in [0.2, 0.25) is 0 Å². The van der Waals surface area contributed by atoms with Crippen molar-refractivity contribution in [3.05, 3.63) is 23.8 Å². The van der Waals surface area contributed by atoms with Crippen LogP contribution in [0.3, 0.4) is 0 Å². The quantitative estimate of drug-likeness (QED) is 0.747. The van der Waals surface area contributed by atoms with Crippen LogP contribution >= 0.6 is 0 Å². The topological polar surface area (TPSA) is 83.6 Å². The Labute approximate surface area is 101 Å². The van der Waals surface area contributed by atoms with E-state index in [4.69, 9.17) is 5.73 Å². The van der Waals surface area contributed by atoms with Gasteiger partial charge >= 0.3 is 0 Å². The molecule has 0 unspecified atom stereocenters. The molecule has 0 aromatic heterocycles. The highest BCUT2D eigenvalue weighted by atomic mass is 32.2. The van der Waals surface area contributed by atoms with Crippen molar-refractivity contribution in [2.75, 3.05) is 18.8 Å². The van der Waals surface area contributed by atoms with E-state index in [-0.39, 0.29) is 11.4 Å². The van der Waals surface area contributed by atoms with Crippen LogP contribution < -0.4 is 5.73 Å². The normalized spacial score (nSPS) is 21.9. The zero-order valence-corrected chi connectivity index (χ0v) is 10.4. The first kappa shape index (κ1) is 12.3. The molecule has 1 saturated heterocycles. The van der Waals surface area contributed by atoms with Crippen LogP contribution in [0.5, 0.6) is 0 Å². The summed E-state index contributed by atoms with van der Waals surface area (Å²) in [4.78, 5) is 0.190. The van der Waals surface area contributed by atoms with Gasteiger partial charge in [0.15, 0.2) is 0 Å². The van der Waals surface area contributed by atoms with Gasteiger partial charge in [-0.1, -0.05) is 6.07 Å². The number of aliphatic hydroxyl groups is 1. The van der Waals surface area contributed by atoms with E-state index in [9.17, 15) is 13.5 Å². The van der Waals surface area contributed by atoms with E-state index in [0.29, 0.717) is 18.7 Å². The van der Waals surface area contributed by atoms with E-state index >= 15 is 0 Å². The first-order valence-corrected chi connectivity index (χ1v) is 6.89. The van der Waals surface area contributed by atoms with Crippen molar-refractivity contribution in [3.63, 3.8) is 0 Å². The van der Waals surface area contributed by atoms with Crippen molar-refractivity contribution in [1.82, 2.24) is 4.31 Å². The maximum absolute atomic E-state index is 12.2. The molecule has 6 heteroatoms. The number of nitrogens with zero attached hydrogens (tertiary/aromatic N) is 1. The molecule has 1 atom stereocenters. The van der Waals surface area contributed by atoms with Gasteiger partial charge in [0.25, 0.3) is 0 Å². The first-order valence-electron chi connectivity index (χ1n) is 5.45. The number of benzene rings is 1. The molecular formula is C11H16N2O3S. The Kier molecular flexibility index (Phi) is 3.11. The number of aliphatic hydroxyl groups excluding tert-OH is 1. The maximum Gasteiger partial charge on any atom is 0.243 e. The second-order valence-corrected chi connectivity index (χ2v) is 6.26. The van der Waals surface area contributed by atoms with Gasteiger partial charge in [0.1, 0.15) is 0 Å². The van der Waals surface area contributed by atoms with E-state index in [1.165, 1.54) is 10.4 Å². The molecule has 1 fully saturated rings. The smallest absolute Gasteiger partial charge is 0.243 e. The highest BCUT2D eigenvalue weighted by Crippen LogP contribution is 2.23. The molecule has 1 aliphatic heterocycles. The number of rotatable bonds is 2. The average Bonchev–Trinajstić information content (AvgIpc) is 2.69. The molecule has 3 N–H and O–H groups in total. The molecule has 1 aromatic rings. The summed E-state index contributed by atoms with van der Waals surface area (Å²) in [7, 11) is -3.52. The second kappa shape index (κ2) is 4.29. The number of sulfonamides is 1. The Bertz CT molecular complexity index is 528. The lowest BCUT2D eigenvalue weighted by atomic mass is 10.2. The van der Waals surface area contributed by atoms with E-state index in [1.54, 1.807) is 12.1 Å². The minimum absolute atomic E-state index is 0.163. The van der Waals surface area contributed by atoms with E-state index in [2.05, 4.69) is 0 Å². The van der Waals surface area contributed by atoms with Crippen LogP contribution in [0.25, 0.3) is 0 Å². The zero-order chi connectivity index (χ0) is 12.6. The van der Waals surface area contributed by atoms with Crippen LogP contribution in [0.15, 0.2) is 23.1 Å². The average molecular weight is 256 g/mol. The molecule has 17 heavy (non-hydrogen) atoms. The standard InChI is InChI=1S/C11H16N2O3S/c1-8-2-3-10(6-11(8)12)17(15,16)13-5-4-9(14)7-13/h2-3,6,9,14H,4-5,7,12H2,1H3/t9-/m0/s1. The fourth-order valence-electron chi connectivity index (χ4n) is 1.86. The molecule has 1 aromatic carbocycles. The summed E-state index contributed by atoms with van der Waals surface area (Å²) in [6.45, 7) is 2.35. The Morgan fingerprint density at radius 2 is 2.18 bits per heavy atom. The number of anilines is 1. The summed E-state index contributed by atoms with van der Waals surface area (Å²) in [6.07, 6.45) is -0.0758. The van der Waals surface area contributed by atoms with E-state index < -0.39 is 16.1 Å². The third-order valence-corrected chi connectivity index (χ3v) is 4.88. The number of nitrogen functional groups attached to an aromatic ring is 1. The Balaban J connectivity index is 2.35. The fraction of sp³-hybridized carbons (Fsp3) is 0.455. The van der Waals surface area contributed by atoms with Gasteiger partial charge in [-0.05, 0) is 31.0 Å². The molecule has 0 bridgehead atoms. The summed E-state index contributed by atoms with van der Waals surface area (Å²) in [5.41, 5.74) is 7.03. The van der Waals surface area contributed by atoms with Crippen molar-refractivity contribution >= 4 is 15.7 Å². The number of aryl methyl sites for hydroxylation is 1. The minimum atomic E-state index is -3.52. The molecule has 1 heterocycles. The Morgan fingerprint density at radius 1 is 1.47 bits per heavy atom. The van der Waals surface area contributed by atoms with Crippen molar-refractivity contribution in [2.45, 2.75) is 24.3 Å². The van der Waals surface area contributed by atoms with Gasteiger partial charge in [-0.2, -0.15) is 4.31 Å².